The van der Waals surface area contributed by atoms with Gasteiger partial charge in [0, 0.05) is 35.7 Å². The summed E-state index contributed by atoms with van der Waals surface area (Å²) in [6.07, 6.45) is 5.47. The van der Waals surface area contributed by atoms with E-state index in [1.54, 1.807) is 0 Å². The molecule has 5 rings (SSSR count). The summed E-state index contributed by atoms with van der Waals surface area (Å²) in [5.74, 6) is -0.116. The van der Waals surface area contributed by atoms with Crippen molar-refractivity contribution in [3.8, 4) is 5.69 Å². The summed E-state index contributed by atoms with van der Waals surface area (Å²) in [6, 6.07) is 16.4. The van der Waals surface area contributed by atoms with Gasteiger partial charge in [-0.05, 0) is 74.9 Å². The fraction of sp³-hybridized carbons (Fsp3) is 0.333. The van der Waals surface area contributed by atoms with E-state index in [0.29, 0.717) is 5.69 Å². The zero-order valence-electron chi connectivity index (χ0n) is 16.8. The highest BCUT2D eigenvalue weighted by Crippen LogP contribution is 2.30. The number of nitrogens with one attached hydrogen (secondary N) is 1. The van der Waals surface area contributed by atoms with Crippen LogP contribution in [-0.2, 0) is 12.8 Å². The van der Waals surface area contributed by atoms with Crippen molar-refractivity contribution in [1.82, 2.24) is 9.78 Å². The van der Waals surface area contributed by atoms with Gasteiger partial charge in [0.1, 0.15) is 0 Å². The van der Waals surface area contributed by atoms with Crippen LogP contribution in [0.3, 0.4) is 0 Å². The lowest BCUT2D eigenvalue weighted by atomic mass is 10.1. The van der Waals surface area contributed by atoms with E-state index < -0.39 is 0 Å². The highest BCUT2D eigenvalue weighted by Gasteiger charge is 2.27. The van der Waals surface area contributed by atoms with Gasteiger partial charge < -0.3 is 10.2 Å². The van der Waals surface area contributed by atoms with Crippen LogP contribution in [0, 0.1) is 6.92 Å². The largest absolute Gasteiger partial charge is 0.372 e. The van der Waals surface area contributed by atoms with Gasteiger partial charge in [-0.1, -0.05) is 18.2 Å². The molecule has 29 heavy (non-hydrogen) atoms. The molecule has 1 fully saturated rings. The van der Waals surface area contributed by atoms with Crippen molar-refractivity contribution in [3.05, 3.63) is 71.0 Å². The van der Waals surface area contributed by atoms with Crippen LogP contribution in [-0.4, -0.2) is 28.8 Å². The van der Waals surface area contributed by atoms with Crippen molar-refractivity contribution in [2.24, 2.45) is 0 Å². The van der Waals surface area contributed by atoms with Gasteiger partial charge in [0.25, 0.3) is 5.91 Å². The molecule has 0 radical (unpaired) electrons. The van der Waals surface area contributed by atoms with Gasteiger partial charge in [-0.3, -0.25) is 4.79 Å². The summed E-state index contributed by atoms with van der Waals surface area (Å²) in [5.41, 5.74) is 7.02. The first-order valence-electron chi connectivity index (χ1n) is 10.5. The number of fused-ring (bicyclic) bond motifs is 1. The molecule has 0 saturated carbocycles. The van der Waals surface area contributed by atoms with E-state index in [2.05, 4.69) is 29.3 Å². The highest BCUT2D eigenvalue weighted by atomic mass is 16.2. The first kappa shape index (κ1) is 18.0. The van der Waals surface area contributed by atoms with Gasteiger partial charge in [-0.2, -0.15) is 5.10 Å². The summed E-state index contributed by atoms with van der Waals surface area (Å²) >= 11 is 0. The number of aromatic nitrogens is 2. The van der Waals surface area contributed by atoms with E-state index in [4.69, 9.17) is 5.10 Å². The minimum atomic E-state index is -0.116. The van der Waals surface area contributed by atoms with E-state index >= 15 is 0 Å². The van der Waals surface area contributed by atoms with Crippen molar-refractivity contribution in [1.29, 1.82) is 0 Å². The molecule has 5 heteroatoms. The molecule has 2 heterocycles. The van der Waals surface area contributed by atoms with Gasteiger partial charge in [0.05, 0.1) is 5.69 Å². The second kappa shape index (κ2) is 7.39. The minimum Gasteiger partial charge on any atom is -0.372 e. The highest BCUT2D eigenvalue weighted by molar-refractivity contribution is 6.04. The molecule has 0 spiro atoms. The third-order valence-corrected chi connectivity index (χ3v) is 6.08. The monoisotopic (exact) mass is 386 g/mol. The van der Waals surface area contributed by atoms with Crippen molar-refractivity contribution >= 4 is 17.3 Å². The predicted octanol–water partition coefficient (Wildman–Crippen LogP) is 4.52. The average Bonchev–Trinajstić information content (AvgIpc) is 3.48. The molecule has 1 aliphatic heterocycles. The third-order valence-electron chi connectivity index (χ3n) is 6.08. The topological polar surface area (TPSA) is 50.2 Å². The number of para-hydroxylation sites is 1. The number of hydrogen-bond donors (Lipinski definition) is 1. The molecule has 1 aliphatic carbocycles. The Morgan fingerprint density at radius 3 is 2.52 bits per heavy atom. The Morgan fingerprint density at radius 1 is 0.966 bits per heavy atom. The molecule has 1 N–H and O–H groups in total. The molecule has 0 bridgehead atoms. The normalized spacial score (nSPS) is 15.6. The summed E-state index contributed by atoms with van der Waals surface area (Å²) in [7, 11) is 0. The van der Waals surface area contributed by atoms with Crippen LogP contribution in [0.25, 0.3) is 5.69 Å². The molecule has 148 valence electrons. The van der Waals surface area contributed by atoms with Crippen LogP contribution in [0.2, 0.25) is 0 Å². The number of rotatable bonds is 4. The summed E-state index contributed by atoms with van der Waals surface area (Å²) < 4.78 is 1.95. The number of benzene rings is 2. The standard InChI is InChI=1S/C24H26N4O/c1-17-16-19(27-14-5-6-15-27)12-13-21(17)25-24(29)23-20-10-7-11-22(20)28(26-23)18-8-3-2-4-9-18/h2-4,8-9,12-13,16H,5-7,10-11,14-15H2,1H3,(H,25,29). The average molecular weight is 386 g/mol. The molecule has 3 aromatic rings. The Labute approximate surface area is 171 Å². The quantitative estimate of drug-likeness (QED) is 0.717. The Morgan fingerprint density at radius 2 is 1.76 bits per heavy atom. The van der Waals surface area contributed by atoms with Gasteiger partial charge in [-0.25, -0.2) is 4.68 Å². The predicted molar refractivity (Wildman–Crippen MR) is 116 cm³/mol. The molecule has 0 unspecified atom stereocenters. The third kappa shape index (κ3) is 3.31. The fourth-order valence-corrected chi connectivity index (χ4v) is 4.54. The molecule has 2 aliphatic rings. The molecule has 1 aromatic heterocycles. The Balaban J connectivity index is 1.42. The SMILES string of the molecule is Cc1cc(N2CCCC2)ccc1NC(=O)c1nn(-c2ccccc2)c2c1CCC2. The van der Waals surface area contributed by atoms with Gasteiger partial charge >= 0.3 is 0 Å². The lowest BCUT2D eigenvalue weighted by Crippen LogP contribution is -2.18. The van der Waals surface area contributed by atoms with Crippen molar-refractivity contribution in [3.63, 3.8) is 0 Å². The number of amides is 1. The number of hydrogen-bond acceptors (Lipinski definition) is 3. The number of nitrogens with zero attached hydrogens (tertiary/aromatic N) is 3. The van der Waals surface area contributed by atoms with Crippen LogP contribution in [0.15, 0.2) is 48.5 Å². The van der Waals surface area contributed by atoms with Crippen molar-refractivity contribution in [2.75, 3.05) is 23.3 Å². The second-order valence-electron chi connectivity index (χ2n) is 8.02. The second-order valence-corrected chi connectivity index (χ2v) is 8.02. The number of aryl methyl sites for hydroxylation is 1. The first-order valence-corrected chi connectivity index (χ1v) is 10.5. The Kier molecular flexibility index (Phi) is 4.58. The van der Waals surface area contributed by atoms with E-state index in [9.17, 15) is 4.79 Å². The molecular weight excluding hydrogens is 360 g/mol. The van der Waals surface area contributed by atoms with E-state index in [1.807, 2.05) is 41.1 Å². The molecule has 0 atom stereocenters. The van der Waals surface area contributed by atoms with Crippen LogP contribution in [0.4, 0.5) is 11.4 Å². The van der Waals surface area contributed by atoms with Gasteiger partial charge in [0.15, 0.2) is 5.69 Å². The number of anilines is 2. The fourth-order valence-electron chi connectivity index (χ4n) is 4.54. The number of carbonyl (C=O) groups is 1. The van der Waals surface area contributed by atoms with E-state index in [-0.39, 0.29) is 5.91 Å². The number of carbonyl (C=O) groups excluding carboxylic acids is 1. The molecule has 5 nitrogen and oxygen atoms in total. The van der Waals surface area contributed by atoms with Gasteiger partial charge in [0.2, 0.25) is 0 Å². The zero-order chi connectivity index (χ0) is 19.8. The van der Waals surface area contributed by atoms with Crippen LogP contribution >= 0.6 is 0 Å². The lowest BCUT2D eigenvalue weighted by Gasteiger charge is -2.19. The molecule has 2 aromatic carbocycles. The lowest BCUT2D eigenvalue weighted by molar-refractivity contribution is 0.102. The van der Waals surface area contributed by atoms with E-state index in [0.717, 1.165) is 54.9 Å². The summed E-state index contributed by atoms with van der Waals surface area (Å²) in [4.78, 5) is 15.5. The zero-order valence-corrected chi connectivity index (χ0v) is 16.8. The van der Waals surface area contributed by atoms with Crippen LogP contribution in [0.1, 0.15) is 46.6 Å². The van der Waals surface area contributed by atoms with E-state index in [1.165, 1.54) is 24.2 Å². The van der Waals surface area contributed by atoms with Crippen molar-refractivity contribution in [2.45, 2.75) is 39.0 Å². The Bertz CT molecular complexity index is 1050. The maximum atomic E-state index is 13.1. The maximum absolute atomic E-state index is 13.1. The molecule has 1 saturated heterocycles. The van der Waals surface area contributed by atoms with Crippen molar-refractivity contribution < 1.29 is 4.79 Å². The summed E-state index contributed by atoms with van der Waals surface area (Å²) in [6.45, 7) is 4.30. The first-order chi connectivity index (χ1) is 14.2. The van der Waals surface area contributed by atoms with Crippen LogP contribution in [0.5, 0.6) is 0 Å². The smallest absolute Gasteiger partial charge is 0.276 e. The summed E-state index contributed by atoms with van der Waals surface area (Å²) in [5, 5.41) is 7.81. The minimum absolute atomic E-state index is 0.116. The van der Waals surface area contributed by atoms with Crippen LogP contribution < -0.4 is 10.2 Å². The molecule has 1 amide bonds. The maximum Gasteiger partial charge on any atom is 0.276 e. The molecular formula is C24H26N4O. The Hall–Kier alpha value is -3.08. The van der Waals surface area contributed by atoms with Gasteiger partial charge in [-0.15, -0.1) is 0 Å².